The average Bonchev–Trinajstić information content (AvgIpc) is 2.53. The first-order valence-corrected chi connectivity index (χ1v) is 7.55. The normalized spacial score (nSPS) is 15.2. The van der Waals surface area contributed by atoms with Crippen molar-refractivity contribution in [3.63, 3.8) is 0 Å². The van der Waals surface area contributed by atoms with E-state index in [1.54, 1.807) is 31.2 Å². The molecule has 0 amide bonds. The quantitative estimate of drug-likeness (QED) is 0.639. The van der Waals surface area contributed by atoms with Crippen LogP contribution in [-0.2, 0) is 5.54 Å². The maximum Gasteiger partial charge on any atom is 0.189 e. The zero-order valence-corrected chi connectivity index (χ0v) is 13.8. The van der Waals surface area contributed by atoms with Crippen LogP contribution in [0.15, 0.2) is 58.8 Å². The molecule has 0 aliphatic heterocycles. The van der Waals surface area contributed by atoms with E-state index in [2.05, 4.69) is 16.3 Å². The summed E-state index contributed by atoms with van der Waals surface area (Å²) in [5, 5.41) is 19.3. The molecule has 3 nitrogen and oxygen atoms in total. The fraction of sp³-hybridized carbons (Fsp3) is 0.235. The second-order valence-corrected chi connectivity index (χ2v) is 6.01. The predicted molar refractivity (Wildman–Crippen MR) is 89.1 cm³/mol. The molecular weight excluding hydrogens is 317 g/mol. The van der Waals surface area contributed by atoms with Gasteiger partial charge in [0.2, 0.25) is 0 Å². The van der Waals surface area contributed by atoms with Crippen LogP contribution in [0.5, 0.6) is 0 Å². The van der Waals surface area contributed by atoms with Gasteiger partial charge in [-0.2, -0.15) is 15.5 Å². The van der Waals surface area contributed by atoms with E-state index in [-0.39, 0.29) is 6.04 Å². The van der Waals surface area contributed by atoms with Gasteiger partial charge in [-0.15, -0.1) is 0 Å². The van der Waals surface area contributed by atoms with Crippen molar-refractivity contribution in [1.29, 1.82) is 5.26 Å². The Kier molecular flexibility index (Phi) is 5.18. The van der Waals surface area contributed by atoms with Crippen molar-refractivity contribution in [1.82, 2.24) is 0 Å². The second kappa shape index (κ2) is 6.91. The van der Waals surface area contributed by atoms with E-state index in [1.165, 1.54) is 0 Å². The Morgan fingerprint density at radius 1 is 1.00 bits per heavy atom. The summed E-state index contributed by atoms with van der Waals surface area (Å²) in [5.41, 5.74) is 0.710. The number of azo groups is 1. The monoisotopic (exact) mass is 331 g/mol. The summed E-state index contributed by atoms with van der Waals surface area (Å²) in [4.78, 5) is 0. The Hall–Kier alpha value is -1.89. The standard InChI is InChI=1S/C17H15Cl2N3/c1-12(13-3-7-15(18)8-4-13)21-22-17(2,11-20)14-5-9-16(19)10-6-14/h3-10,12H,1-2H3/b22-21+. The molecule has 2 aromatic rings. The molecule has 0 bridgehead atoms. The third-order valence-electron chi connectivity index (χ3n) is 3.41. The maximum atomic E-state index is 9.47. The largest absolute Gasteiger partial charge is 0.195 e. The number of nitriles is 1. The van der Waals surface area contributed by atoms with Crippen LogP contribution in [0, 0.1) is 11.3 Å². The van der Waals surface area contributed by atoms with Crippen LogP contribution in [0.3, 0.4) is 0 Å². The third kappa shape index (κ3) is 3.85. The van der Waals surface area contributed by atoms with Gasteiger partial charge in [-0.05, 0) is 49.2 Å². The molecule has 0 aliphatic carbocycles. The van der Waals surface area contributed by atoms with Gasteiger partial charge in [0, 0.05) is 10.0 Å². The van der Waals surface area contributed by atoms with Gasteiger partial charge >= 0.3 is 0 Å². The van der Waals surface area contributed by atoms with Crippen LogP contribution in [0.2, 0.25) is 10.0 Å². The van der Waals surface area contributed by atoms with Crippen molar-refractivity contribution in [2.24, 2.45) is 10.2 Å². The van der Waals surface area contributed by atoms with Gasteiger partial charge in [-0.25, -0.2) is 0 Å². The lowest BCUT2D eigenvalue weighted by Crippen LogP contribution is -2.15. The lowest BCUT2D eigenvalue weighted by molar-refractivity contribution is 0.566. The van der Waals surface area contributed by atoms with Crippen LogP contribution in [0.4, 0.5) is 0 Å². The summed E-state index contributed by atoms with van der Waals surface area (Å²) in [5.74, 6) is 0. The highest BCUT2D eigenvalue weighted by Crippen LogP contribution is 2.28. The summed E-state index contributed by atoms with van der Waals surface area (Å²) >= 11 is 11.8. The molecule has 2 rings (SSSR count). The van der Waals surface area contributed by atoms with Gasteiger partial charge in [0.05, 0.1) is 12.1 Å². The van der Waals surface area contributed by atoms with Gasteiger partial charge in [-0.1, -0.05) is 47.5 Å². The summed E-state index contributed by atoms with van der Waals surface area (Å²) in [7, 11) is 0. The van der Waals surface area contributed by atoms with Gasteiger partial charge in [0.15, 0.2) is 5.54 Å². The highest BCUT2D eigenvalue weighted by molar-refractivity contribution is 6.30. The number of halogens is 2. The van der Waals surface area contributed by atoms with Crippen LogP contribution in [-0.4, -0.2) is 0 Å². The van der Waals surface area contributed by atoms with Crippen LogP contribution < -0.4 is 0 Å². The first kappa shape index (κ1) is 16.5. The number of benzene rings is 2. The maximum absolute atomic E-state index is 9.47. The number of nitrogens with zero attached hydrogens (tertiary/aromatic N) is 3. The first-order chi connectivity index (χ1) is 10.4. The van der Waals surface area contributed by atoms with Gasteiger partial charge < -0.3 is 0 Å². The molecule has 0 saturated heterocycles. The SMILES string of the molecule is CC(/N=N/C(C)(C#N)c1ccc(Cl)cc1)c1ccc(Cl)cc1. The molecule has 0 N–H and O–H groups in total. The number of hydrogen-bond donors (Lipinski definition) is 0. The summed E-state index contributed by atoms with van der Waals surface area (Å²) < 4.78 is 0. The summed E-state index contributed by atoms with van der Waals surface area (Å²) in [6.07, 6.45) is 0. The molecular formula is C17H15Cl2N3. The zero-order chi connectivity index (χ0) is 16.2. The molecule has 2 atom stereocenters. The minimum atomic E-state index is -1.04. The molecule has 0 saturated carbocycles. The molecule has 0 radical (unpaired) electrons. The van der Waals surface area contributed by atoms with Gasteiger partial charge in [0.1, 0.15) is 0 Å². The van der Waals surface area contributed by atoms with Crippen LogP contribution >= 0.6 is 23.2 Å². The Bertz CT molecular complexity index is 702. The fourth-order valence-corrected chi connectivity index (χ4v) is 2.18. The molecule has 5 heteroatoms. The second-order valence-electron chi connectivity index (χ2n) is 5.13. The molecule has 0 aliphatic rings. The Morgan fingerprint density at radius 3 is 2.00 bits per heavy atom. The van der Waals surface area contributed by atoms with E-state index in [9.17, 15) is 5.26 Å². The Morgan fingerprint density at radius 2 is 1.50 bits per heavy atom. The van der Waals surface area contributed by atoms with Crippen molar-refractivity contribution in [2.75, 3.05) is 0 Å². The molecule has 0 spiro atoms. The highest BCUT2D eigenvalue weighted by Gasteiger charge is 2.26. The predicted octanol–water partition coefficient (Wildman–Crippen LogP) is 5.95. The van der Waals surface area contributed by atoms with Crippen molar-refractivity contribution in [3.8, 4) is 6.07 Å². The van der Waals surface area contributed by atoms with Gasteiger partial charge in [0.25, 0.3) is 0 Å². The average molecular weight is 332 g/mol. The van der Waals surface area contributed by atoms with Crippen molar-refractivity contribution < 1.29 is 0 Å². The van der Waals surface area contributed by atoms with Crippen LogP contribution in [0.1, 0.15) is 31.0 Å². The zero-order valence-electron chi connectivity index (χ0n) is 12.3. The molecule has 2 unspecified atom stereocenters. The smallest absolute Gasteiger partial charge is 0.189 e. The fourth-order valence-electron chi connectivity index (χ4n) is 1.93. The molecule has 2 aromatic carbocycles. The minimum Gasteiger partial charge on any atom is -0.195 e. The minimum absolute atomic E-state index is 0.155. The Labute approximate surface area is 140 Å². The van der Waals surface area contributed by atoms with E-state index >= 15 is 0 Å². The lowest BCUT2D eigenvalue weighted by atomic mass is 9.95. The van der Waals surface area contributed by atoms with Crippen molar-refractivity contribution >= 4 is 23.2 Å². The topological polar surface area (TPSA) is 48.5 Å². The third-order valence-corrected chi connectivity index (χ3v) is 3.91. The highest BCUT2D eigenvalue weighted by atomic mass is 35.5. The van der Waals surface area contributed by atoms with E-state index in [0.717, 1.165) is 11.1 Å². The van der Waals surface area contributed by atoms with Gasteiger partial charge in [-0.3, -0.25) is 0 Å². The molecule has 112 valence electrons. The van der Waals surface area contributed by atoms with E-state index in [0.29, 0.717) is 10.0 Å². The van der Waals surface area contributed by atoms with Crippen LogP contribution in [0.25, 0.3) is 0 Å². The van der Waals surface area contributed by atoms with E-state index < -0.39 is 5.54 Å². The summed E-state index contributed by atoms with van der Waals surface area (Å²) in [6.45, 7) is 3.65. The molecule has 0 aromatic heterocycles. The molecule has 0 fully saturated rings. The molecule has 0 heterocycles. The number of hydrogen-bond acceptors (Lipinski definition) is 3. The first-order valence-electron chi connectivity index (χ1n) is 6.79. The molecule has 22 heavy (non-hydrogen) atoms. The van der Waals surface area contributed by atoms with E-state index in [1.807, 2.05) is 31.2 Å². The van der Waals surface area contributed by atoms with Crippen molar-refractivity contribution in [3.05, 3.63) is 69.7 Å². The number of rotatable bonds is 4. The van der Waals surface area contributed by atoms with E-state index in [4.69, 9.17) is 23.2 Å². The lowest BCUT2D eigenvalue weighted by Gasteiger charge is -2.16. The van der Waals surface area contributed by atoms with Crippen molar-refractivity contribution in [2.45, 2.75) is 25.4 Å². The summed E-state index contributed by atoms with van der Waals surface area (Å²) in [6, 6.07) is 16.5. The Balaban J connectivity index is 2.23.